The van der Waals surface area contributed by atoms with Crippen LogP contribution in [0.15, 0.2) is 40.9 Å². The van der Waals surface area contributed by atoms with E-state index in [0.717, 1.165) is 27.3 Å². The maximum atomic E-state index is 6.10. The summed E-state index contributed by atoms with van der Waals surface area (Å²) in [7, 11) is 0. The Morgan fingerprint density at radius 2 is 1.89 bits per heavy atom. The van der Waals surface area contributed by atoms with Gasteiger partial charge >= 0.3 is 0 Å². The molecule has 0 aromatic heterocycles. The van der Waals surface area contributed by atoms with Crippen LogP contribution in [0.2, 0.25) is 5.02 Å². The van der Waals surface area contributed by atoms with Gasteiger partial charge in [-0.3, -0.25) is 0 Å². The van der Waals surface area contributed by atoms with Crippen molar-refractivity contribution in [3.05, 3.63) is 62.6 Å². The van der Waals surface area contributed by atoms with Gasteiger partial charge in [-0.2, -0.15) is 0 Å². The Labute approximate surface area is 121 Å². The Kier molecular flexibility index (Phi) is 4.31. The van der Waals surface area contributed by atoms with Gasteiger partial charge in [-0.1, -0.05) is 45.7 Å². The summed E-state index contributed by atoms with van der Waals surface area (Å²) in [4.78, 5) is 0. The smallest absolute Gasteiger partial charge is 0.0455 e. The lowest BCUT2D eigenvalue weighted by molar-refractivity contribution is 1.13. The van der Waals surface area contributed by atoms with Crippen LogP contribution in [0.4, 0.5) is 5.69 Å². The summed E-state index contributed by atoms with van der Waals surface area (Å²) in [5.74, 6) is 0. The second-order valence-electron chi connectivity index (χ2n) is 4.41. The van der Waals surface area contributed by atoms with E-state index in [1.165, 1.54) is 11.1 Å². The number of halogens is 2. The van der Waals surface area contributed by atoms with Crippen molar-refractivity contribution < 1.29 is 0 Å². The first-order chi connectivity index (χ1) is 8.56. The van der Waals surface area contributed by atoms with E-state index < -0.39 is 0 Å². The summed E-state index contributed by atoms with van der Waals surface area (Å²) in [6, 6.07) is 12.4. The molecule has 0 aliphatic rings. The monoisotopic (exact) mass is 323 g/mol. The Hall–Kier alpha value is -0.990. The third kappa shape index (κ3) is 3.27. The first-order valence-electron chi connectivity index (χ1n) is 5.81. The molecule has 0 spiro atoms. The lowest BCUT2D eigenvalue weighted by atomic mass is 10.1. The molecule has 0 aliphatic carbocycles. The third-order valence-corrected chi connectivity index (χ3v) is 4.01. The largest absolute Gasteiger partial charge is 0.381 e. The maximum absolute atomic E-state index is 6.10. The molecule has 2 aromatic rings. The number of nitrogens with one attached hydrogen (secondary N) is 1. The van der Waals surface area contributed by atoms with Crippen LogP contribution in [0, 0.1) is 13.8 Å². The van der Waals surface area contributed by atoms with Gasteiger partial charge in [-0.05, 0) is 48.7 Å². The summed E-state index contributed by atoms with van der Waals surface area (Å²) >= 11 is 9.68. The van der Waals surface area contributed by atoms with Gasteiger partial charge in [-0.25, -0.2) is 0 Å². The van der Waals surface area contributed by atoms with Crippen molar-refractivity contribution >= 4 is 33.2 Å². The molecule has 0 unspecified atom stereocenters. The van der Waals surface area contributed by atoms with Gasteiger partial charge < -0.3 is 5.32 Å². The van der Waals surface area contributed by atoms with Crippen LogP contribution in [0.5, 0.6) is 0 Å². The second kappa shape index (κ2) is 5.77. The molecule has 1 nitrogen and oxygen atoms in total. The molecule has 0 atom stereocenters. The lowest BCUT2D eigenvalue weighted by Gasteiger charge is -2.10. The SMILES string of the molecule is Cc1ccc(CNc2ccc(C)c(Cl)c2)c(Br)c1. The molecule has 18 heavy (non-hydrogen) atoms. The van der Waals surface area contributed by atoms with Gasteiger partial charge in [0.05, 0.1) is 0 Å². The summed E-state index contributed by atoms with van der Waals surface area (Å²) in [6.07, 6.45) is 0. The van der Waals surface area contributed by atoms with Crippen molar-refractivity contribution in [2.24, 2.45) is 0 Å². The number of anilines is 1. The zero-order valence-electron chi connectivity index (χ0n) is 10.4. The van der Waals surface area contributed by atoms with E-state index in [0.29, 0.717) is 0 Å². The highest BCUT2D eigenvalue weighted by atomic mass is 79.9. The third-order valence-electron chi connectivity index (χ3n) is 2.86. The van der Waals surface area contributed by atoms with Crippen LogP contribution >= 0.6 is 27.5 Å². The number of hydrogen-bond donors (Lipinski definition) is 1. The number of benzene rings is 2. The molecule has 2 aromatic carbocycles. The molecular formula is C15H15BrClN. The summed E-state index contributed by atoms with van der Waals surface area (Å²) in [6.45, 7) is 4.87. The molecule has 94 valence electrons. The van der Waals surface area contributed by atoms with Crippen molar-refractivity contribution in [2.75, 3.05) is 5.32 Å². The topological polar surface area (TPSA) is 12.0 Å². The van der Waals surface area contributed by atoms with Crippen molar-refractivity contribution in [3.63, 3.8) is 0 Å². The molecule has 2 rings (SSSR count). The molecule has 1 N–H and O–H groups in total. The van der Waals surface area contributed by atoms with Crippen LogP contribution < -0.4 is 5.32 Å². The molecule has 0 saturated heterocycles. The van der Waals surface area contributed by atoms with Crippen LogP contribution in [-0.4, -0.2) is 0 Å². The molecule has 0 saturated carbocycles. The number of aryl methyl sites for hydroxylation is 2. The Balaban J connectivity index is 2.09. The van der Waals surface area contributed by atoms with E-state index in [9.17, 15) is 0 Å². The van der Waals surface area contributed by atoms with Crippen molar-refractivity contribution in [3.8, 4) is 0 Å². The van der Waals surface area contributed by atoms with Crippen LogP contribution in [-0.2, 0) is 6.54 Å². The van der Waals surface area contributed by atoms with Crippen LogP contribution in [0.25, 0.3) is 0 Å². The van der Waals surface area contributed by atoms with Gasteiger partial charge in [0.2, 0.25) is 0 Å². The van der Waals surface area contributed by atoms with Gasteiger partial charge in [0.1, 0.15) is 0 Å². The van der Waals surface area contributed by atoms with Crippen LogP contribution in [0.1, 0.15) is 16.7 Å². The Morgan fingerprint density at radius 1 is 1.11 bits per heavy atom. The fraction of sp³-hybridized carbons (Fsp3) is 0.200. The minimum Gasteiger partial charge on any atom is -0.381 e. The quantitative estimate of drug-likeness (QED) is 0.804. The zero-order chi connectivity index (χ0) is 13.1. The van der Waals surface area contributed by atoms with Gasteiger partial charge in [0.25, 0.3) is 0 Å². The highest BCUT2D eigenvalue weighted by Crippen LogP contribution is 2.22. The lowest BCUT2D eigenvalue weighted by Crippen LogP contribution is -2.00. The maximum Gasteiger partial charge on any atom is 0.0455 e. The molecule has 3 heteroatoms. The normalized spacial score (nSPS) is 10.4. The van der Waals surface area contributed by atoms with Crippen molar-refractivity contribution in [1.82, 2.24) is 0 Å². The fourth-order valence-corrected chi connectivity index (χ4v) is 2.51. The molecule has 0 fully saturated rings. The molecule has 0 aliphatic heterocycles. The van der Waals surface area contributed by atoms with Crippen molar-refractivity contribution in [2.45, 2.75) is 20.4 Å². The Morgan fingerprint density at radius 3 is 2.56 bits per heavy atom. The van der Waals surface area contributed by atoms with E-state index in [1.54, 1.807) is 0 Å². The van der Waals surface area contributed by atoms with Gasteiger partial charge in [-0.15, -0.1) is 0 Å². The average molecular weight is 325 g/mol. The molecule has 0 radical (unpaired) electrons. The highest BCUT2D eigenvalue weighted by molar-refractivity contribution is 9.10. The fourth-order valence-electron chi connectivity index (χ4n) is 1.70. The predicted octanol–water partition coefficient (Wildman–Crippen LogP) is 5.33. The number of rotatable bonds is 3. The zero-order valence-corrected chi connectivity index (χ0v) is 12.8. The molecular weight excluding hydrogens is 310 g/mol. The Bertz CT molecular complexity index is 566. The standard InChI is InChI=1S/C15H15BrClN/c1-10-3-5-12(14(16)7-10)9-18-13-6-4-11(2)15(17)8-13/h3-8,18H,9H2,1-2H3. The van der Waals surface area contributed by atoms with E-state index in [1.807, 2.05) is 25.1 Å². The first kappa shape index (κ1) is 13.4. The van der Waals surface area contributed by atoms with Crippen LogP contribution in [0.3, 0.4) is 0 Å². The second-order valence-corrected chi connectivity index (χ2v) is 5.67. The summed E-state index contributed by atoms with van der Waals surface area (Å²) in [5, 5.41) is 4.17. The summed E-state index contributed by atoms with van der Waals surface area (Å²) in [5.41, 5.74) is 4.62. The minimum atomic E-state index is 0.778. The first-order valence-corrected chi connectivity index (χ1v) is 6.98. The van der Waals surface area contributed by atoms with E-state index >= 15 is 0 Å². The minimum absolute atomic E-state index is 0.778. The van der Waals surface area contributed by atoms with E-state index in [4.69, 9.17) is 11.6 Å². The van der Waals surface area contributed by atoms with E-state index in [2.05, 4.69) is 46.4 Å². The highest BCUT2D eigenvalue weighted by Gasteiger charge is 2.01. The van der Waals surface area contributed by atoms with Gasteiger partial charge in [0, 0.05) is 21.7 Å². The molecule has 0 bridgehead atoms. The predicted molar refractivity (Wildman–Crippen MR) is 82.4 cm³/mol. The average Bonchev–Trinajstić information content (AvgIpc) is 2.32. The molecule has 0 amide bonds. The van der Waals surface area contributed by atoms with E-state index in [-0.39, 0.29) is 0 Å². The van der Waals surface area contributed by atoms with Gasteiger partial charge in [0.15, 0.2) is 0 Å². The van der Waals surface area contributed by atoms with Crippen molar-refractivity contribution in [1.29, 1.82) is 0 Å². The number of hydrogen-bond acceptors (Lipinski definition) is 1. The molecule has 0 heterocycles. The summed E-state index contributed by atoms with van der Waals surface area (Å²) < 4.78 is 1.13.